The SMILES string of the molecule is Cc1ccc(N(c2ccc3c(c2)C(C)(C)c2cc(N(c4ccc(C)cc4)c4ccc(C)c5ccccc45)c4ccccc4c2-3)c2ccc(C)c3ccccc23)cc1. The maximum Gasteiger partial charge on any atom is 0.0543 e. The maximum absolute atomic E-state index is 2.50. The minimum atomic E-state index is -0.276. The molecule has 276 valence electrons. The highest BCUT2D eigenvalue weighted by Crippen LogP contribution is 2.56. The van der Waals surface area contributed by atoms with Crippen LogP contribution in [0.5, 0.6) is 0 Å². The highest BCUT2D eigenvalue weighted by Gasteiger charge is 2.39. The topological polar surface area (TPSA) is 6.48 Å². The van der Waals surface area contributed by atoms with Gasteiger partial charge in [0.1, 0.15) is 0 Å². The molecular weight excluding hydrogens is 689 g/mol. The molecule has 0 saturated heterocycles. The van der Waals surface area contributed by atoms with Crippen LogP contribution in [0.4, 0.5) is 34.1 Å². The van der Waals surface area contributed by atoms with Gasteiger partial charge in [0.15, 0.2) is 0 Å². The summed E-state index contributed by atoms with van der Waals surface area (Å²) in [5.41, 5.74) is 17.1. The average molecular weight is 735 g/mol. The Kier molecular flexibility index (Phi) is 8.09. The van der Waals surface area contributed by atoms with E-state index in [0.29, 0.717) is 0 Å². The first kappa shape index (κ1) is 34.8. The normalized spacial score (nSPS) is 12.9. The summed E-state index contributed by atoms with van der Waals surface area (Å²) in [5.74, 6) is 0. The van der Waals surface area contributed by atoms with E-state index in [9.17, 15) is 0 Å². The van der Waals surface area contributed by atoms with Crippen LogP contribution in [-0.2, 0) is 5.41 Å². The van der Waals surface area contributed by atoms with Gasteiger partial charge in [0.2, 0.25) is 0 Å². The first-order valence-corrected chi connectivity index (χ1v) is 20.1. The summed E-state index contributed by atoms with van der Waals surface area (Å²) in [7, 11) is 0. The largest absolute Gasteiger partial charge is 0.310 e. The number of aryl methyl sites for hydroxylation is 4. The lowest BCUT2D eigenvalue weighted by atomic mass is 9.81. The second-order valence-electron chi connectivity index (χ2n) is 16.5. The summed E-state index contributed by atoms with van der Waals surface area (Å²) in [6.45, 7) is 13.6. The molecule has 0 amide bonds. The molecule has 10 rings (SSSR count). The van der Waals surface area contributed by atoms with E-state index in [1.165, 1.54) is 93.9 Å². The molecule has 1 aliphatic rings. The second kappa shape index (κ2) is 13.2. The minimum absolute atomic E-state index is 0.276. The van der Waals surface area contributed by atoms with Gasteiger partial charge in [0.25, 0.3) is 0 Å². The summed E-state index contributed by atoms with van der Waals surface area (Å²) >= 11 is 0. The van der Waals surface area contributed by atoms with Crippen molar-refractivity contribution in [3.8, 4) is 11.1 Å². The molecule has 0 unspecified atom stereocenters. The van der Waals surface area contributed by atoms with Gasteiger partial charge in [-0.1, -0.05) is 140 Å². The molecule has 1 aliphatic carbocycles. The molecule has 0 heterocycles. The molecule has 0 spiro atoms. The fraction of sp³-hybridized carbons (Fsp3) is 0.127. The molecule has 2 heteroatoms. The van der Waals surface area contributed by atoms with Crippen LogP contribution >= 0.6 is 0 Å². The van der Waals surface area contributed by atoms with Gasteiger partial charge in [-0.05, 0) is 132 Å². The Labute approximate surface area is 336 Å². The number of fused-ring (bicyclic) bond motifs is 7. The number of rotatable bonds is 6. The zero-order valence-corrected chi connectivity index (χ0v) is 33.6. The smallest absolute Gasteiger partial charge is 0.0543 e. The minimum Gasteiger partial charge on any atom is -0.310 e. The van der Waals surface area contributed by atoms with Crippen molar-refractivity contribution in [2.75, 3.05) is 9.80 Å². The van der Waals surface area contributed by atoms with Crippen molar-refractivity contribution in [3.63, 3.8) is 0 Å². The number of anilines is 6. The van der Waals surface area contributed by atoms with Crippen LogP contribution in [0, 0.1) is 27.7 Å². The van der Waals surface area contributed by atoms with Gasteiger partial charge < -0.3 is 9.80 Å². The maximum atomic E-state index is 2.50. The van der Waals surface area contributed by atoms with Crippen molar-refractivity contribution >= 4 is 66.4 Å². The van der Waals surface area contributed by atoms with E-state index < -0.39 is 0 Å². The summed E-state index contributed by atoms with van der Waals surface area (Å²) < 4.78 is 0. The van der Waals surface area contributed by atoms with E-state index in [-0.39, 0.29) is 5.41 Å². The highest BCUT2D eigenvalue weighted by molar-refractivity contribution is 6.12. The van der Waals surface area contributed by atoms with E-state index in [1.54, 1.807) is 0 Å². The second-order valence-corrected chi connectivity index (χ2v) is 16.5. The molecule has 9 aromatic rings. The first-order chi connectivity index (χ1) is 27.7. The number of hydrogen-bond acceptors (Lipinski definition) is 2. The lowest BCUT2D eigenvalue weighted by molar-refractivity contribution is 0.661. The van der Waals surface area contributed by atoms with Crippen LogP contribution in [0.15, 0.2) is 170 Å². The van der Waals surface area contributed by atoms with Crippen molar-refractivity contribution in [2.24, 2.45) is 0 Å². The van der Waals surface area contributed by atoms with Crippen molar-refractivity contribution in [3.05, 3.63) is 203 Å². The van der Waals surface area contributed by atoms with E-state index >= 15 is 0 Å². The fourth-order valence-corrected chi connectivity index (χ4v) is 9.36. The number of nitrogens with zero attached hydrogens (tertiary/aromatic N) is 2. The molecule has 0 radical (unpaired) electrons. The van der Waals surface area contributed by atoms with Crippen molar-refractivity contribution in [1.29, 1.82) is 0 Å². The Morgan fingerprint density at radius 2 is 0.789 bits per heavy atom. The summed E-state index contributed by atoms with van der Waals surface area (Å²) in [5, 5.41) is 7.56. The molecule has 0 fully saturated rings. The lowest BCUT2D eigenvalue weighted by Gasteiger charge is -2.31. The molecule has 0 N–H and O–H groups in total. The molecule has 57 heavy (non-hydrogen) atoms. The van der Waals surface area contributed by atoms with Gasteiger partial charge in [-0.25, -0.2) is 0 Å². The third kappa shape index (κ3) is 5.54. The van der Waals surface area contributed by atoms with E-state index in [1.807, 2.05) is 0 Å². The molecule has 0 bridgehead atoms. The molecule has 0 aromatic heterocycles. The zero-order valence-electron chi connectivity index (χ0n) is 33.6. The summed E-state index contributed by atoms with van der Waals surface area (Å²) in [4.78, 5) is 4.95. The van der Waals surface area contributed by atoms with Crippen LogP contribution in [0.3, 0.4) is 0 Å². The van der Waals surface area contributed by atoms with Gasteiger partial charge in [-0.3, -0.25) is 0 Å². The highest BCUT2D eigenvalue weighted by atomic mass is 15.2. The Hall–Kier alpha value is -6.64. The Morgan fingerprint density at radius 3 is 1.33 bits per heavy atom. The monoisotopic (exact) mass is 734 g/mol. The predicted molar refractivity (Wildman–Crippen MR) is 245 cm³/mol. The average Bonchev–Trinajstić information content (AvgIpc) is 3.46. The lowest BCUT2D eigenvalue weighted by Crippen LogP contribution is -2.18. The molecule has 0 saturated carbocycles. The quantitative estimate of drug-likeness (QED) is 0.168. The van der Waals surface area contributed by atoms with Gasteiger partial charge >= 0.3 is 0 Å². The number of hydrogen-bond donors (Lipinski definition) is 0. The van der Waals surface area contributed by atoms with Gasteiger partial charge in [0.05, 0.1) is 17.1 Å². The third-order valence-electron chi connectivity index (χ3n) is 12.4. The van der Waals surface area contributed by atoms with Crippen LogP contribution in [-0.4, -0.2) is 0 Å². The summed E-state index contributed by atoms with van der Waals surface area (Å²) in [6.07, 6.45) is 0. The van der Waals surface area contributed by atoms with Gasteiger partial charge in [-0.15, -0.1) is 0 Å². The standard InChI is InChI=1S/C55H46N2/c1-35-19-25-39(26-20-35)56(51-31-23-37(3)42-13-7-9-15-44(42)51)41-29-30-48-49(33-41)55(5,6)50-34-53(46-17-11-12-18-47(46)54(48)50)57(40-27-21-36(2)22-28-40)52-32-24-38(4)43-14-8-10-16-45(43)52/h7-34H,1-6H3. The van der Waals surface area contributed by atoms with Crippen LogP contribution in [0.2, 0.25) is 0 Å². The Balaban J connectivity index is 1.20. The van der Waals surface area contributed by atoms with Crippen LogP contribution in [0.1, 0.15) is 47.2 Å². The molecule has 9 aromatic carbocycles. The van der Waals surface area contributed by atoms with Crippen molar-refractivity contribution < 1.29 is 0 Å². The van der Waals surface area contributed by atoms with Crippen LogP contribution < -0.4 is 9.80 Å². The molecule has 0 atom stereocenters. The third-order valence-corrected chi connectivity index (χ3v) is 12.4. The summed E-state index contributed by atoms with van der Waals surface area (Å²) in [6, 6.07) is 63.4. The molecule has 0 aliphatic heterocycles. The van der Waals surface area contributed by atoms with E-state index in [2.05, 4.69) is 221 Å². The Morgan fingerprint density at radius 1 is 0.351 bits per heavy atom. The van der Waals surface area contributed by atoms with E-state index in [4.69, 9.17) is 0 Å². The number of benzene rings is 9. The van der Waals surface area contributed by atoms with E-state index in [0.717, 1.165) is 17.1 Å². The molecular formula is C55H46N2. The van der Waals surface area contributed by atoms with Crippen molar-refractivity contribution in [2.45, 2.75) is 47.0 Å². The van der Waals surface area contributed by atoms with Gasteiger partial charge in [-0.2, -0.15) is 0 Å². The Bertz CT molecular complexity index is 3020. The molecule has 2 nitrogen and oxygen atoms in total. The first-order valence-electron chi connectivity index (χ1n) is 20.1. The van der Waals surface area contributed by atoms with Gasteiger partial charge in [0, 0.05) is 38.6 Å². The zero-order chi connectivity index (χ0) is 39.0. The fourth-order valence-electron chi connectivity index (χ4n) is 9.36. The predicted octanol–water partition coefficient (Wildman–Crippen LogP) is 15.6. The van der Waals surface area contributed by atoms with Crippen LogP contribution in [0.25, 0.3) is 43.4 Å². The van der Waals surface area contributed by atoms with Crippen molar-refractivity contribution in [1.82, 2.24) is 0 Å².